The van der Waals surface area contributed by atoms with E-state index < -0.39 is 15.9 Å². The highest BCUT2D eigenvalue weighted by Crippen LogP contribution is 2.27. The number of anilines is 2. The minimum Gasteiger partial charge on any atom is -0.325 e. The van der Waals surface area contributed by atoms with Gasteiger partial charge < -0.3 is 5.32 Å². The maximum atomic E-state index is 13.4. The average Bonchev–Trinajstić information content (AvgIpc) is 2.75. The molecular formula is C24H26N2O3S. The van der Waals surface area contributed by atoms with Crippen molar-refractivity contribution in [1.29, 1.82) is 0 Å². The maximum absolute atomic E-state index is 13.4. The fraction of sp³-hybridized carbons (Fsp3) is 0.208. The molecule has 0 saturated carbocycles. The Bertz CT molecular complexity index is 1140. The molecule has 3 aromatic rings. The number of para-hydroxylation sites is 1. The molecule has 156 valence electrons. The summed E-state index contributed by atoms with van der Waals surface area (Å²) in [5, 5.41) is 2.83. The number of hydrogen-bond acceptors (Lipinski definition) is 3. The van der Waals surface area contributed by atoms with E-state index in [4.69, 9.17) is 0 Å². The third-order valence-electron chi connectivity index (χ3n) is 5.05. The molecule has 0 radical (unpaired) electrons. The van der Waals surface area contributed by atoms with Gasteiger partial charge in [0.2, 0.25) is 5.91 Å². The molecule has 6 heteroatoms. The Morgan fingerprint density at radius 2 is 1.57 bits per heavy atom. The number of amides is 1. The van der Waals surface area contributed by atoms with E-state index in [2.05, 4.69) is 5.32 Å². The molecule has 5 nitrogen and oxygen atoms in total. The minimum atomic E-state index is -3.92. The fourth-order valence-electron chi connectivity index (χ4n) is 3.22. The molecule has 0 bridgehead atoms. The van der Waals surface area contributed by atoms with Crippen LogP contribution in [0, 0.1) is 13.8 Å². The Balaban J connectivity index is 1.97. The number of carbonyl (C=O) groups is 1. The highest BCUT2D eigenvalue weighted by atomic mass is 32.2. The third kappa shape index (κ3) is 4.71. The van der Waals surface area contributed by atoms with Crippen LogP contribution in [0.2, 0.25) is 0 Å². The summed E-state index contributed by atoms with van der Waals surface area (Å²) in [5.41, 5.74) is 4.19. The first kappa shape index (κ1) is 21.6. The zero-order valence-corrected chi connectivity index (χ0v) is 18.2. The van der Waals surface area contributed by atoms with Gasteiger partial charge in [-0.1, -0.05) is 49.4 Å². The largest absolute Gasteiger partial charge is 0.325 e. The Morgan fingerprint density at radius 1 is 0.900 bits per heavy atom. The monoisotopic (exact) mass is 422 g/mol. The number of aryl methyl sites for hydroxylation is 3. The summed E-state index contributed by atoms with van der Waals surface area (Å²) in [6.45, 7) is 5.61. The summed E-state index contributed by atoms with van der Waals surface area (Å²) in [4.78, 5) is 13.0. The molecule has 3 rings (SSSR count). The van der Waals surface area contributed by atoms with Crippen LogP contribution in [0.15, 0.2) is 77.7 Å². The maximum Gasteiger partial charge on any atom is 0.264 e. The van der Waals surface area contributed by atoms with Gasteiger partial charge in [0.15, 0.2) is 0 Å². The zero-order valence-electron chi connectivity index (χ0n) is 17.4. The molecule has 0 aliphatic rings. The lowest BCUT2D eigenvalue weighted by atomic mass is 10.1. The first-order valence-electron chi connectivity index (χ1n) is 9.85. The van der Waals surface area contributed by atoms with Crippen LogP contribution in [0.3, 0.4) is 0 Å². The highest BCUT2D eigenvalue weighted by Gasteiger charge is 2.28. The molecule has 3 aromatic carbocycles. The van der Waals surface area contributed by atoms with Crippen LogP contribution >= 0.6 is 0 Å². The quantitative estimate of drug-likeness (QED) is 0.600. The van der Waals surface area contributed by atoms with Gasteiger partial charge in [-0.2, -0.15) is 0 Å². The van der Waals surface area contributed by atoms with Crippen molar-refractivity contribution in [3.05, 3.63) is 89.5 Å². The van der Waals surface area contributed by atoms with E-state index in [0.29, 0.717) is 17.8 Å². The normalized spacial score (nSPS) is 11.2. The van der Waals surface area contributed by atoms with Gasteiger partial charge in [0.05, 0.1) is 10.6 Å². The van der Waals surface area contributed by atoms with E-state index in [9.17, 15) is 13.2 Å². The Morgan fingerprint density at radius 3 is 2.23 bits per heavy atom. The van der Waals surface area contributed by atoms with E-state index >= 15 is 0 Å². The van der Waals surface area contributed by atoms with Crippen LogP contribution in [0.25, 0.3) is 0 Å². The summed E-state index contributed by atoms with van der Waals surface area (Å²) < 4.78 is 28.1. The van der Waals surface area contributed by atoms with Gasteiger partial charge in [-0.25, -0.2) is 8.42 Å². The number of nitrogens with one attached hydrogen (secondary N) is 1. The van der Waals surface area contributed by atoms with Crippen LogP contribution in [0.5, 0.6) is 0 Å². The van der Waals surface area contributed by atoms with E-state index in [1.165, 1.54) is 16.4 Å². The second kappa shape index (κ2) is 9.13. The topological polar surface area (TPSA) is 66.5 Å². The first-order valence-corrected chi connectivity index (χ1v) is 11.3. The number of nitrogens with zero attached hydrogens (tertiary/aromatic N) is 1. The summed E-state index contributed by atoms with van der Waals surface area (Å²) in [7, 11) is -3.92. The molecule has 0 fully saturated rings. The van der Waals surface area contributed by atoms with Crippen molar-refractivity contribution in [1.82, 2.24) is 0 Å². The van der Waals surface area contributed by atoms with Crippen LogP contribution in [0.4, 0.5) is 11.4 Å². The average molecular weight is 423 g/mol. The number of rotatable bonds is 7. The fourth-order valence-corrected chi connectivity index (χ4v) is 4.70. The van der Waals surface area contributed by atoms with Gasteiger partial charge in [-0.15, -0.1) is 0 Å². The predicted octanol–water partition coefficient (Wildman–Crippen LogP) is 4.70. The van der Waals surface area contributed by atoms with Crippen molar-refractivity contribution in [3.8, 4) is 0 Å². The Hall–Kier alpha value is -3.12. The second-order valence-electron chi connectivity index (χ2n) is 7.15. The lowest BCUT2D eigenvalue weighted by Gasteiger charge is -2.26. The van der Waals surface area contributed by atoms with E-state index in [-0.39, 0.29) is 11.4 Å². The van der Waals surface area contributed by atoms with Gasteiger partial charge in [-0.05, 0) is 67.3 Å². The van der Waals surface area contributed by atoms with Crippen LogP contribution < -0.4 is 9.62 Å². The summed E-state index contributed by atoms with van der Waals surface area (Å²) in [6, 6.07) is 21.1. The smallest absolute Gasteiger partial charge is 0.264 e. The van der Waals surface area contributed by atoms with Crippen molar-refractivity contribution >= 4 is 27.3 Å². The SMILES string of the molecule is CCc1ccccc1N(CC(=O)Nc1ccc(C)c(C)c1)S(=O)(=O)c1ccccc1. The van der Waals surface area contributed by atoms with Crippen molar-refractivity contribution in [2.75, 3.05) is 16.2 Å². The second-order valence-corrected chi connectivity index (χ2v) is 9.02. The van der Waals surface area contributed by atoms with Crippen LogP contribution in [-0.2, 0) is 21.2 Å². The Kier molecular flexibility index (Phi) is 6.57. The van der Waals surface area contributed by atoms with Crippen molar-refractivity contribution in [3.63, 3.8) is 0 Å². The third-order valence-corrected chi connectivity index (χ3v) is 6.82. The molecule has 0 unspecified atom stereocenters. The van der Waals surface area contributed by atoms with Gasteiger partial charge in [0, 0.05) is 5.69 Å². The molecule has 0 aliphatic carbocycles. The molecular weight excluding hydrogens is 396 g/mol. The Labute approximate surface area is 178 Å². The molecule has 0 heterocycles. The summed E-state index contributed by atoms with van der Waals surface area (Å²) in [5.74, 6) is -0.399. The molecule has 30 heavy (non-hydrogen) atoms. The molecule has 1 amide bonds. The number of sulfonamides is 1. The lowest BCUT2D eigenvalue weighted by Crippen LogP contribution is -2.38. The molecule has 1 N–H and O–H groups in total. The van der Waals surface area contributed by atoms with Crippen molar-refractivity contribution in [2.45, 2.75) is 32.1 Å². The summed E-state index contributed by atoms with van der Waals surface area (Å²) in [6.07, 6.45) is 0.649. The standard InChI is InChI=1S/C24H26N2O3S/c1-4-20-10-8-9-13-23(20)26(30(28,29)22-11-6-5-7-12-22)17-24(27)25-21-15-14-18(2)19(3)16-21/h5-16H,4,17H2,1-3H3,(H,25,27). The minimum absolute atomic E-state index is 0.148. The van der Waals surface area contributed by atoms with Crippen molar-refractivity contribution in [2.24, 2.45) is 0 Å². The van der Waals surface area contributed by atoms with Gasteiger partial charge in [0.1, 0.15) is 6.54 Å². The van der Waals surface area contributed by atoms with E-state index in [0.717, 1.165) is 16.7 Å². The first-order chi connectivity index (χ1) is 14.3. The van der Waals surface area contributed by atoms with E-state index in [1.54, 1.807) is 30.3 Å². The predicted molar refractivity (Wildman–Crippen MR) is 121 cm³/mol. The molecule has 0 spiro atoms. The molecule has 0 atom stereocenters. The van der Waals surface area contributed by atoms with Gasteiger partial charge >= 0.3 is 0 Å². The number of hydrogen-bond donors (Lipinski definition) is 1. The van der Waals surface area contributed by atoms with E-state index in [1.807, 2.05) is 51.1 Å². The summed E-state index contributed by atoms with van der Waals surface area (Å²) >= 11 is 0. The lowest BCUT2D eigenvalue weighted by molar-refractivity contribution is -0.114. The molecule has 0 saturated heterocycles. The molecule has 0 aromatic heterocycles. The van der Waals surface area contributed by atoms with Crippen molar-refractivity contribution < 1.29 is 13.2 Å². The number of benzene rings is 3. The van der Waals surface area contributed by atoms with Crippen LogP contribution in [0.1, 0.15) is 23.6 Å². The highest BCUT2D eigenvalue weighted by molar-refractivity contribution is 7.92. The van der Waals surface area contributed by atoms with Gasteiger partial charge in [-0.3, -0.25) is 9.10 Å². The molecule has 0 aliphatic heterocycles. The van der Waals surface area contributed by atoms with Gasteiger partial charge in [0.25, 0.3) is 10.0 Å². The van der Waals surface area contributed by atoms with Crippen LogP contribution in [-0.4, -0.2) is 20.9 Å². The zero-order chi connectivity index (χ0) is 21.7. The number of carbonyl (C=O) groups excluding carboxylic acids is 1.